The van der Waals surface area contributed by atoms with Crippen LogP contribution >= 0.6 is 23.1 Å². The van der Waals surface area contributed by atoms with Gasteiger partial charge < -0.3 is 5.32 Å². The fraction of sp³-hybridized carbons (Fsp3) is 0.118. The fourth-order valence-electron chi connectivity index (χ4n) is 4.81. The Kier molecular flexibility index (Phi) is 8.54. The van der Waals surface area contributed by atoms with Gasteiger partial charge >= 0.3 is 0 Å². The van der Waals surface area contributed by atoms with Gasteiger partial charge in [-0.25, -0.2) is 4.98 Å². The number of carbonyl (C=O) groups excluding carboxylic acids is 1. The summed E-state index contributed by atoms with van der Waals surface area (Å²) in [4.78, 5) is 18.0. The molecular weight excluding hydrogens is 559 g/mol. The summed E-state index contributed by atoms with van der Waals surface area (Å²) in [5, 5.41) is 15.8. The highest BCUT2D eigenvalue weighted by Gasteiger charge is 2.21. The lowest BCUT2D eigenvalue weighted by atomic mass is 9.98. The molecule has 0 radical (unpaired) electrons. The molecule has 0 saturated carbocycles. The van der Waals surface area contributed by atoms with Gasteiger partial charge in [0.1, 0.15) is 16.5 Å². The average molecular weight is 588 g/mol. The fourth-order valence-corrected chi connectivity index (χ4v) is 6.56. The highest BCUT2D eigenvalue weighted by Crippen LogP contribution is 2.29. The third-order valence-corrected chi connectivity index (χ3v) is 8.88. The molecule has 0 saturated heterocycles. The highest BCUT2D eigenvalue weighted by molar-refractivity contribution is 7.98. The summed E-state index contributed by atoms with van der Waals surface area (Å²) in [5.41, 5.74) is 5.83. The SMILES string of the molecule is Cc1ccccc1-n1c(Cc2ccccc2)nnc1SCc1nc(C(=O)NC(c2ccccc2)c2ccccc2)cs1. The largest absolute Gasteiger partial charge is 0.340 e. The summed E-state index contributed by atoms with van der Waals surface area (Å²) < 4.78 is 2.14. The Morgan fingerprint density at radius 1 is 0.833 bits per heavy atom. The monoisotopic (exact) mass is 587 g/mol. The molecule has 2 aromatic heterocycles. The van der Waals surface area contributed by atoms with Gasteiger partial charge in [-0.3, -0.25) is 9.36 Å². The van der Waals surface area contributed by atoms with E-state index < -0.39 is 0 Å². The van der Waals surface area contributed by atoms with E-state index >= 15 is 0 Å². The van der Waals surface area contributed by atoms with Gasteiger partial charge in [0.15, 0.2) is 5.16 Å². The summed E-state index contributed by atoms with van der Waals surface area (Å²) in [7, 11) is 0. The molecule has 0 atom stereocenters. The van der Waals surface area contributed by atoms with E-state index in [1.54, 1.807) is 11.8 Å². The molecule has 0 aliphatic rings. The van der Waals surface area contributed by atoms with Crippen molar-refractivity contribution in [2.45, 2.75) is 30.3 Å². The Bertz CT molecular complexity index is 1730. The van der Waals surface area contributed by atoms with Crippen LogP contribution in [0.3, 0.4) is 0 Å². The number of aryl methyl sites for hydroxylation is 1. The number of hydrogen-bond donors (Lipinski definition) is 1. The maximum absolute atomic E-state index is 13.3. The smallest absolute Gasteiger partial charge is 0.271 e. The van der Waals surface area contributed by atoms with Crippen molar-refractivity contribution in [2.24, 2.45) is 0 Å². The molecule has 0 fully saturated rings. The first-order valence-electron chi connectivity index (χ1n) is 13.7. The first-order chi connectivity index (χ1) is 20.7. The van der Waals surface area contributed by atoms with Crippen LogP contribution in [0.15, 0.2) is 126 Å². The number of benzene rings is 4. The molecular formula is C34H29N5OS2. The lowest BCUT2D eigenvalue weighted by Crippen LogP contribution is -2.29. The zero-order valence-corrected chi connectivity index (χ0v) is 24.7. The molecule has 6 nitrogen and oxygen atoms in total. The number of para-hydroxylation sites is 1. The van der Waals surface area contributed by atoms with Crippen molar-refractivity contribution in [1.82, 2.24) is 25.1 Å². The highest BCUT2D eigenvalue weighted by atomic mass is 32.2. The average Bonchev–Trinajstić information content (AvgIpc) is 3.68. The number of amides is 1. The molecule has 2 heterocycles. The number of hydrogen-bond acceptors (Lipinski definition) is 6. The van der Waals surface area contributed by atoms with Gasteiger partial charge in [-0.15, -0.1) is 21.5 Å². The second kappa shape index (κ2) is 13.0. The van der Waals surface area contributed by atoms with Gasteiger partial charge in [-0.05, 0) is 35.2 Å². The molecule has 1 N–H and O–H groups in total. The predicted octanol–water partition coefficient (Wildman–Crippen LogP) is 7.43. The van der Waals surface area contributed by atoms with Crippen LogP contribution in [-0.2, 0) is 12.2 Å². The van der Waals surface area contributed by atoms with Crippen LogP contribution in [0.1, 0.15) is 49.6 Å². The van der Waals surface area contributed by atoms with Gasteiger partial charge in [0.05, 0.1) is 17.5 Å². The van der Waals surface area contributed by atoms with Gasteiger partial charge in [-0.1, -0.05) is 121 Å². The minimum absolute atomic E-state index is 0.201. The number of rotatable bonds is 10. The van der Waals surface area contributed by atoms with Crippen LogP contribution in [0.25, 0.3) is 5.69 Å². The molecule has 0 aliphatic carbocycles. The Balaban J connectivity index is 1.20. The summed E-state index contributed by atoms with van der Waals surface area (Å²) in [6, 6.07) is 38.3. The van der Waals surface area contributed by atoms with Crippen LogP contribution in [-0.4, -0.2) is 25.7 Å². The Hall–Kier alpha value is -4.53. The zero-order chi connectivity index (χ0) is 28.7. The summed E-state index contributed by atoms with van der Waals surface area (Å²) in [6.07, 6.45) is 0.675. The van der Waals surface area contributed by atoms with E-state index in [1.165, 1.54) is 16.9 Å². The lowest BCUT2D eigenvalue weighted by molar-refractivity contribution is 0.0938. The Morgan fingerprint density at radius 3 is 2.12 bits per heavy atom. The van der Waals surface area contributed by atoms with Crippen molar-refractivity contribution in [2.75, 3.05) is 0 Å². The molecule has 0 bridgehead atoms. The zero-order valence-electron chi connectivity index (χ0n) is 23.1. The predicted molar refractivity (Wildman–Crippen MR) is 169 cm³/mol. The number of aromatic nitrogens is 4. The van der Waals surface area contributed by atoms with Gasteiger partial charge in [-0.2, -0.15) is 0 Å². The van der Waals surface area contributed by atoms with E-state index in [4.69, 9.17) is 0 Å². The normalized spacial score (nSPS) is 11.1. The molecule has 1 amide bonds. The van der Waals surface area contributed by atoms with Crippen LogP contribution in [0, 0.1) is 6.92 Å². The first kappa shape index (κ1) is 27.6. The molecule has 6 rings (SSSR count). The number of nitrogens with one attached hydrogen (secondary N) is 1. The topological polar surface area (TPSA) is 72.7 Å². The third-order valence-electron chi connectivity index (χ3n) is 6.91. The standard InChI is InChI=1S/C34H29N5OS2/c1-24-13-11-12-20-29(24)39-30(21-25-14-5-2-6-15-25)37-38-34(39)42-23-31-35-28(22-41-31)33(40)36-32(26-16-7-3-8-17-26)27-18-9-4-10-19-27/h2-20,22,32H,21,23H2,1H3,(H,36,40). The molecule has 8 heteroatoms. The second-order valence-electron chi connectivity index (χ2n) is 9.83. The number of thioether (sulfide) groups is 1. The van der Waals surface area contributed by atoms with Crippen LogP contribution < -0.4 is 5.32 Å². The third kappa shape index (κ3) is 6.35. The maximum atomic E-state index is 13.3. The van der Waals surface area contributed by atoms with E-state index in [0.717, 1.165) is 38.4 Å². The van der Waals surface area contributed by atoms with Crippen LogP contribution in [0.5, 0.6) is 0 Å². The van der Waals surface area contributed by atoms with E-state index in [-0.39, 0.29) is 11.9 Å². The van der Waals surface area contributed by atoms with Crippen LogP contribution in [0.2, 0.25) is 0 Å². The van der Waals surface area contributed by atoms with E-state index in [1.807, 2.05) is 96.4 Å². The number of nitrogens with zero attached hydrogens (tertiary/aromatic N) is 4. The number of thiazole rings is 1. The summed E-state index contributed by atoms with van der Waals surface area (Å²) >= 11 is 3.05. The van der Waals surface area contributed by atoms with Crippen molar-refractivity contribution in [3.8, 4) is 5.69 Å². The second-order valence-corrected chi connectivity index (χ2v) is 11.7. The van der Waals surface area contributed by atoms with E-state index in [9.17, 15) is 4.79 Å². The molecule has 0 aliphatic heterocycles. The Labute approximate surface area is 253 Å². The van der Waals surface area contributed by atoms with Gasteiger partial charge in [0.25, 0.3) is 5.91 Å². The molecule has 4 aromatic carbocycles. The number of carbonyl (C=O) groups is 1. The van der Waals surface area contributed by atoms with Crippen molar-refractivity contribution in [3.63, 3.8) is 0 Å². The molecule has 42 heavy (non-hydrogen) atoms. The first-order valence-corrected chi connectivity index (χ1v) is 15.5. The minimum atomic E-state index is -0.268. The lowest BCUT2D eigenvalue weighted by Gasteiger charge is -2.19. The summed E-state index contributed by atoms with van der Waals surface area (Å²) in [6.45, 7) is 2.10. The summed E-state index contributed by atoms with van der Waals surface area (Å²) in [5.74, 6) is 1.26. The van der Waals surface area contributed by atoms with E-state index in [2.05, 4.69) is 56.3 Å². The van der Waals surface area contributed by atoms with Gasteiger partial charge in [0.2, 0.25) is 0 Å². The van der Waals surface area contributed by atoms with Gasteiger partial charge in [0, 0.05) is 11.8 Å². The molecule has 0 spiro atoms. The molecule has 0 unspecified atom stereocenters. The van der Waals surface area contributed by atoms with Crippen molar-refractivity contribution in [1.29, 1.82) is 0 Å². The molecule has 208 valence electrons. The van der Waals surface area contributed by atoms with Crippen molar-refractivity contribution in [3.05, 3.63) is 159 Å². The van der Waals surface area contributed by atoms with E-state index in [0.29, 0.717) is 17.9 Å². The quantitative estimate of drug-likeness (QED) is 0.169. The van der Waals surface area contributed by atoms with Crippen molar-refractivity contribution >= 4 is 29.0 Å². The maximum Gasteiger partial charge on any atom is 0.271 e. The Morgan fingerprint density at radius 2 is 1.45 bits per heavy atom. The minimum Gasteiger partial charge on any atom is -0.340 e. The van der Waals surface area contributed by atoms with Crippen LogP contribution in [0.4, 0.5) is 0 Å². The molecule has 6 aromatic rings. The van der Waals surface area contributed by atoms with Crippen molar-refractivity contribution < 1.29 is 4.79 Å².